The third-order valence-corrected chi connectivity index (χ3v) is 4.39. The van der Waals surface area contributed by atoms with Crippen LogP contribution in [0.4, 0.5) is 10.1 Å². The minimum Gasteiger partial charge on any atom is -0.326 e. The standard InChI is InChI=1S/C16H16BrFN2O3S/c1-24(22,23)20-15(11-2-6-13(18)7-3-11)10-16(21)19-14-8-4-12(17)5-9-14/h2-9,15,20H,10H2,1H3,(H,19,21)/t15-/m0/s1. The second kappa shape index (κ2) is 7.87. The summed E-state index contributed by atoms with van der Waals surface area (Å²) in [5.74, 6) is -0.793. The molecule has 0 heterocycles. The van der Waals surface area contributed by atoms with Crippen molar-refractivity contribution in [2.24, 2.45) is 0 Å². The lowest BCUT2D eigenvalue weighted by molar-refractivity contribution is -0.116. The number of carbonyl (C=O) groups is 1. The molecule has 0 spiro atoms. The van der Waals surface area contributed by atoms with Crippen LogP contribution in [-0.4, -0.2) is 20.6 Å². The fourth-order valence-electron chi connectivity index (χ4n) is 2.11. The Bertz CT molecular complexity index is 808. The molecule has 128 valence electrons. The molecular weight excluding hydrogens is 399 g/mol. The average Bonchev–Trinajstić information content (AvgIpc) is 2.48. The maximum absolute atomic E-state index is 13.0. The third-order valence-electron chi connectivity index (χ3n) is 3.15. The van der Waals surface area contributed by atoms with Gasteiger partial charge in [0.15, 0.2) is 0 Å². The summed E-state index contributed by atoms with van der Waals surface area (Å²) in [5.41, 5.74) is 1.10. The van der Waals surface area contributed by atoms with E-state index in [0.717, 1.165) is 10.7 Å². The summed E-state index contributed by atoms with van der Waals surface area (Å²) in [5, 5.41) is 2.70. The first-order chi connectivity index (χ1) is 11.2. The van der Waals surface area contributed by atoms with Crippen LogP contribution in [0.1, 0.15) is 18.0 Å². The Morgan fingerprint density at radius 3 is 2.25 bits per heavy atom. The number of nitrogens with one attached hydrogen (secondary N) is 2. The van der Waals surface area contributed by atoms with Crippen LogP contribution in [-0.2, 0) is 14.8 Å². The van der Waals surface area contributed by atoms with Gasteiger partial charge < -0.3 is 5.32 Å². The Morgan fingerprint density at radius 1 is 1.12 bits per heavy atom. The van der Waals surface area contributed by atoms with E-state index in [-0.39, 0.29) is 12.3 Å². The van der Waals surface area contributed by atoms with Crippen LogP contribution in [0.15, 0.2) is 53.0 Å². The second-order valence-electron chi connectivity index (χ2n) is 5.25. The highest BCUT2D eigenvalue weighted by atomic mass is 79.9. The first-order valence-electron chi connectivity index (χ1n) is 7.01. The molecule has 0 aliphatic heterocycles. The number of amides is 1. The number of halogens is 2. The van der Waals surface area contributed by atoms with E-state index in [4.69, 9.17) is 0 Å². The summed E-state index contributed by atoms with van der Waals surface area (Å²) in [6, 6.07) is 11.6. The van der Waals surface area contributed by atoms with Crippen LogP contribution in [0, 0.1) is 5.82 Å². The molecule has 2 rings (SSSR count). The number of sulfonamides is 1. The van der Waals surface area contributed by atoms with Crippen LogP contribution in [0.5, 0.6) is 0 Å². The molecule has 0 saturated heterocycles. The average molecular weight is 415 g/mol. The predicted octanol–water partition coefficient (Wildman–Crippen LogP) is 3.21. The van der Waals surface area contributed by atoms with Gasteiger partial charge in [-0.05, 0) is 42.0 Å². The van der Waals surface area contributed by atoms with Gasteiger partial charge in [0.2, 0.25) is 15.9 Å². The Hall–Kier alpha value is -1.77. The van der Waals surface area contributed by atoms with Crippen LogP contribution < -0.4 is 10.0 Å². The summed E-state index contributed by atoms with van der Waals surface area (Å²) in [7, 11) is -3.54. The maximum atomic E-state index is 13.0. The topological polar surface area (TPSA) is 75.3 Å². The SMILES string of the molecule is CS(=O)(=O)N[C@@H](CC(=O)Nc1ccc(Br)cc1)c1ccc(F)cc1. The van der Waals surface area contributed by atoms with Gasteiger partial charge in [-0.25, -0.2) is 17.5 Å². The molecule has 0 radical (unpaired) electrons. The summed E-state index contributed by atoms with van der Waals surface area (Å²) in [6.07, 6.45) is 0.894. The minimum absolute atomic E-state index is 0.116. The van der Waals surface area contributed by atoms with E-state index < -0.39 is 21.9 Å². The van der Waals surface area contributed by atoms with Gasteiger partial charge >= 0.3 is 0 Å². The molecule has 0 aromatic heterocycles. The summed E-state index contributed by atoms with van der Waals surface area (Å²) >= 11 is 3.30. The van der Waals surface area contributed by atoms with Crippen LogP contribution >= 0.6 is 15.9 Å². The van der Waals surface area contributed by atoms with E-state index in [1.807, 2.05) is 0 Å². The molecule has 2 aromatic carbocycles. The number of anilines is 1. The van der Waals surface area contributed by atoms with Gasteiger partial charge in [0, 0.05) is 16.6 Å². The van der Waals surface area contributed by atoms with Crippen molar-refractivity contribution in [2.75, 3.05) is 11.6 Å². The van der Waals surface area contributed by atoms with E-state index in [1.54, 1.807) is 24.3 Å². The van der Waals surface area contributed by atoms with E-state index in [1.165, 1.54) is 24.3 Å². The third kappa shape index (κ3) is 6.03. The fourth-order valence-corrected chi connectivity index (χ4v) is 3.11. The van der Waals surface area contributed by atoms with Gasteiger partial charge in [0.25, 0.3) is 0 Å². The Kier molecular flexibility index (Phi) is 6.09. The predicted molar refractivity (Wildman–Crippen MR) is 94.5 cm³/mol. The van der Waals surface area contributed by atoms with E-state index in [2.05, 4.69) is 26.0 Å². The van der Waals surface area contributed by atoms with Crippen LogP contribution in [0.3, 0.4) is 0 Å². The molecule has 0 unspecified atom stereocenters. The number of hydrogen-bond donors (Lipinski definition) is 2. The molecular formula is C16H16BrFN2O3S. The monoisotopic (exact) mass is 414 g/mol. The Labute approximate surface area is 148 Å². The molecule has 0 saturated carbocycles. The second-order valence-corrected chi connectivity index (χ2v) is 7.95. The highest BCUT2D eigenvalue weighted by Crippen LogP contribution is 2.20. The largest absolute Gasteiger partial charge is 0.326 e. The summed E-state index contributed by atoms with van der Waals surface area (Å²) in [6.45, 7) is 0. The van der Waals surface area contributed by atoms with Gasteiger partial charge in [-0.3, -0.25) is 4.79 Å². The normalized spacial score (nSPS) is 12.6. The van der Waals surface area contributed by atoms with Crippen molar-refractivity contribution >= 4 is 37.5 Å². The van der Waals surface area contributed by atoms with E-state index in [9.17, 15) is 17.6 Å². The van der Waals surface area contributed by atoms with Gasteiger partial charge in [0.05, 0.1) is 12.3 Å². The van der Waals surface area contributed by atoms with Crippen molar-refractivity contribution in [1.29, 1.82) is 0 Å². The Balaban J connectivity index is 2.13. The van der Waals surface area contributed by atoms with Crippen molar-refractivity contribution in [2.45, 2.75) is 12.5 Å². The molecule has 2 aromatic rings. The van der Waals surface area contributed by atoms with Gasteiger partial charge in [0.1, 0.15) is 5.82 Å². The van der Waals surface area contributed by atoms with Crippen molar-refractivity contribution in [3.8, 4) is 0 Å². The number of carbonyl (C=O) groups excluding carboxylic acids is 1. The van der Waals surface area contributed by atoms with Crippen molar-refractivity contribution in [3.05, 3.63) is 64.4 Å². The highest BCUT2D eigenvalue weighted by molar-refractivity contribution is 9.10. The van der Waals surface area contributed by atoms with E-state index in [0.29, 0.717) is 11.3 Å². The lowest BCUT2D eigenvalue weighted by atomic mass is 10.0. The van der Waals surface area contributed by atoms with Gasteiger partial charge in [-0.2, -0.15) is 0 Å². The number of benzene rings is 2. The molecule has 1 atom stereocenters. The maximum Gasteiger partial charge on any atom is 0.226 e. The lowest BCUT2D eigenvalue weighted by Crippen LogP contribution is -2.30. The molecule has 0 aliphatic rings. The molecule has 1 amide bonds. The molecule has 24 heavy (non-hydrogen) atoms. The first-order valence-corrected chi connectivity index (χ1v) is 9.69. The van der Waals surface area contributed by atoms with Gasteiger partial charge in [-0.15, -0.1) is 0 Å². The summed E-state index contributed by atoms with van der Waals surface area (Å²) < 4.78 is 39.4. The zero-order valence-corrected chi connectivity index (χ0v) is 15.2. The van der Waals surface area contributed by atoms with E-state index >= 15 is 0 Å². The number of hydrogen-bond acceptors (Lipinski definition) is 3. The molecule has 0 fully saturated rings. The smallest absolute Gasteiger partial charge is 0.226 e. The zero-order chi connectivity index (χ0) is 17.7. The molecule has 0 bridgehead atoms. The quantitative estimate of drug-likeness (QED) is 0.761. The van der Waals surface area contributed by atoms with Crippen molar-refractivity contribution < 1.29 is 17.6 Å². The zero-order valence-electron chi connectivity index (χ0n) is 12.8. The highest BCUT2D eigenvalue weighted by Gasteiger charge is 2.20. The lowest BCUT2D eigenvalue weighted by Gasteiger charge is -2.18. The summed E-state index contributed by atoms with van der Waals surface area (Å²) in [4.78, 5) is 12.2. The minimum atomic E-state index is -3.54. The van der Waals surface area contributed by atoms with Crippen LogP contribution in [0.2, 0.25) is 0 Å². The molecule has 2 N–H and O–H groups in total. The Morgan fingerprint density at radius 2 is 1.71 bits per heavy atom. The molecule has 5 nitrogen and oxygen atoms in total. The molecule has 0 aliphatic carbocycles. The van der Waals surface area contributed by atoms with Crippen molar-refractivity contribution in [1.82, 2.24) is 4.72 Å². The molecule has 8 heteroatoms. The van der Waals surface area contributed by atoms with Gasteiger partial charge in [-0.1, -0.05) is 28.1 Å². The first kappa shape index (κ1) is 18.6. The fraction of sp³-hybridized carbons (Fsp3) is 0.188. The number of rotatable bonds is 6. The van der Waals surface area contributed by atoms with Crippen LogP contribution in [0.25, 0.3) is 0 Å². The van der Waals surface area contributed by atoms with Crippen molar-refractivity contribution in [3.63, 3.8) is 0 Å².